The molecule has 3 heterocycles. The molecule has 0 spiro atoms. The van der Waals surface area contributed by atoms with Crippen LogP contribution in [0.3, 0.4) is 0 Å². The van der Waals surface area contributed by atoms with E-state index in [0.29, 0.717) is 6.04 Å². The van der Waals surface area contributed by atoms with Crippen LogP contribution >= 0.6 is 11.3 Å². The van der Waals surface area contributed by atoms with Gasteiger partial charge < -0.3 is 0 Å². The topological polar surface area (TPSA) is 34.0 Å². The number of nitrogens with zero attached hydrogens (tertiary/aromatic N) is 4. The van der Waals surface area contributed by atoms with Gasteiger partial charge in [0.15, 0.2) is 0 Å². The molecule has 0 N–H and O–H groups in total. The summed E-state index contributed by atoms with van der Waals surface area (Å²) in [5, 5.41) is 4.29. The first-order valence-corrected chi connectivity index (χ1v) is 10.7. The monoisotopic (exact) mass is 388 g/mol. The van der Waals surface area contributed by atoms with E-state index >= 15 is 0 Å². The lowest BCUT2D eigenvalue weighted by Crippen LogP contribution is -2.23. The molecular weight excluding hydrogens is 364 g/mol. The van der Waals surface area contributed by atoms with Crippen LogP contribution in [0.2, 0.25) is 0 Å². The lowest BCUT2D eigenvalue weighted by atomic mass is 10.00. The number of fused-ring (bicyclic) bond motifs is 1. The number of benzene rings is 2. The summed E-state index contributed by atoms with van der Waals surface area (Å²) in [4.78, 5) is 7.13. The van der Waals surface area contributed by atoms with Crippen LogP contribution in [0.25, 0.3) is 21.3 Å². The number of aryl methyl sites for hydroxylation is 2. The smallest absolute Gasteiger partial charge is 0.0815 e. The molecule has 1 aliphatic heterocycles. The molecule has 0 unspecified atom stereocenters. The van der Waals surface area contributed by atoms with Gasteiger partial charge >= 0.3 is 0 Å². The highest BCUT2D eigenvalue weighted by molar-refractivity contribution is 7.16. The highest BCUT2D eigenvalue weighted by Gasteiger charge is 2.26. The van der Waals surface area contributed by atoms with E-state index in [9.17, 15) is 0 Å². The van der Waals surface area contributed by atoms with Gasteiger partial charge in [-0.3, -0.25) is 9.58 Å². The molecule has 28 heavy (non-hydrogen) atoms. The summed E-state index contributed by atoms with van der Waals surface area (Å²) in [6.45, 7) is 4.38. The Hall–Kier alpha value is -2.50. The van der Waals surface area contributed by atoms with Crippen LogP contribution in [-0.4, -0.2) is 26.2 Å². The minimum atomic E-state index is 0.489. The molecule has 142 valence electrons. The summed E-state index contributed by atoms with van der Waals surface area (Å²) in [5.41, 5.74) is 9.64. The van der Waals surface area contributed by atoms with E-state index in [0.717, 1.165) is 18.6 Å². The maximum atomic E-state index is 4.51. The molecule has 0 saturated carbocycles. The summed E-state index contributed by atoms with van der Waals surface area (Å²) in [7, 11) is 1.96. The van der Waals surface area contributed by atoms with Gasteiger partial charge in [0, 0.05) is 31.4 Å². The second kappa shape index (κ2) is 7.15. The van der Waals surface area contributed by atoms with Crippen LogP contribution in [0.1, 0.15) is 35.6 Å². The van der Waals surface area contributed by atoms with E-state index in [1.54, 1.807) is 11.3 Å². The number of aromatic nitrogens is 3. The summed E-state index contributed by atoms with van der Waals surface area (Å²) in [6.07, 6.45) is 6.48. The molecule has 0 radical (unpaired) electrons. The average Bonchev–Trinajstić information content (AvgIpc) is 3.43. The Labute approximate surface area is 169 Å². The zero-order valence-electron chi connectivity index (χ0n) is 16.3. The fraction of sp³-hybridized carbons (Fsp3) is 0.304. The first kappa shape index (κ1) is 17.6. The zero-order chi connectivity index (χ0) is 19.1. The van der Waals surface area contributed by atoms with Gasteiger partial charge in [0.2, 0.25) is 0 Å². The van der Waals surface area contributed by atoms with Crippen molar-refractivity contribution in [2.45, 2.75) is 32.4 Å². The fourth-order valence-electron chi connectivity index (χ4n) is 4.32. The Bertz CT molecular complexity index is 1130. The van der Waals surface area contributed by atoms with Crippen molar-refractivity contribution in [3.05, 3.63) is 71.0 Å². The quantitative estimate of drug-likeness (QED) is 0.473. The number of thiazole rings is 1. The van der Waals surface area contributed by atoms with Crippen molar-refractivity contribution in [3.8, 4) is 11.1 Å². The van der Waals surface area contributed by atoms with E-state index in [1.165, 1.54) is 45.4 Å². The minimum absolute atomic E-state index is 0.489. The Balaban J connectivity index is 1.38. The fourth-order valence-corrected chi connectivity index (χ4v) is 4.98. The highest BCUT2D eigenvalue weighted by Crippen LogP contribution is 2.35. The van der Waals surface area contributed by atoms with Crippen molar-refractivity contribution >= 4 is 21.6 Å². The molecule has 2 aromatic carbocycles. The van der Waals surface area contributed by atoms with Gasteiger partial charge in [-0.25, -0.2) is 4.98 Å². The van der Waals surface area contributed by atoms with Crippen molar-refractivity contribution in [2.24, 2.45) is 7.05 Å². The first-order valence-electron chi connectivity index (χ1n) is 9.83. The predicted octanol–water partition coefficient (Wildman–Crippen LogP) is 5.34. The van der Waals surface area contributed by atoms with E-state index in [4.69, 9.17) is 0 Å². The van der Waals surface area contributed by atoms with Gasteiger partial charge in [-0.15, -0.1) is 11.3 Å². The Kier molecular flexibility index (Phi) is 4.49. The van der Waals surface area contributed by atoms with E-state index in [2.05, 4.69) is 64.5 Å². The number of likely N-dealkylation sites (tertiary alicyclic amines) is 1. The Morgan fingerprint density at radius 3 is 2.89 bits per heavy atom. The normalized spacial score (nSPS) is 17.6. The third-order valence-electron chi connectivity index (χ3n) is 5.86. The van der Waals surface area contributed by atoms with Crippen LogP contribution in [0.4, 0.5) is 0 Å². The van der Waals surface area contributed by atoms with Gasteiger partial charge in [-0.05, 0) is 60.7 Å². The maximum absolute atomic E-state index is 4.51. The molecular formula is C23H24N4S. The Morgan fingerprint density at radius 2 is 2.07 bits per heavy atom. The molecule has 1 fully saturated rings. The largest absolute Gasteiger partial charge is 0.292 e. The SMILES string of the molecule is Cc1cc(-c2cnn(C)c2)ccc1CN1CCC[C@@H]1c1ccc2scnc2c1. The number of hydrogen-bond donors (Lipinski definition) is 0. The predicted molar refractivity (Wildman–Crippen MR) is 115 cm³/mol. The number of rotatable bonds is 4. The summed E-state index contributed by atoms with van der Waals surface area (Å²) in [5.74, 6) is 0. The standard InChI is InChI=1S/C23H24N4S/c1-16-10-17(20-12-25-26(2)13-20)5-6-19(16)14-27-9-3-4-22(27)18-7-8-23-21(11-18)24-15-28-23/h5-8,10-13,15,22H,3-4,9,14H2,1-2H3/t22-/m1/s1. The molecule has 1 aliphatic rings. The van der Waals surface area contributed by atoms with Crippen LogP contribution < -0.4 is 0 Å². The minimum Gasteiger partial charge on any atom is -0.292 e. The van der Waals surface area contributed by atoms with Crippen molar-refractivity contribution in [3.63, 3.8) is 0 Å². The lowest BCUT2D eigenvalue weighted by molar-refractivity contribution is 0.248. The second-order valence-corrected chi connectivity index (χ2v) is 8.64. The third kappa shape index (κ3) is 3.25. The molecule has 0 bridgehead atoms. The van der Waals surface area contributed by atoms with Gasteiger partial charge in [-0.2, -0.15) is 5.10 Å². The molecule has 5 heteroatoms. The van der Waals surface area contributed by atoms with Gasteiger partial charge in [-0.1, -0.05) is 24.3 Å². The molecule has 0 aliphatic carbocycles. The van der Waals surface area contributed by atoms with Crippen LogP contribution in [0.5, 0.6) is 0 Å². The second-order valence-electron chi connectivity index (χ2n) is 7.75. The third-order valence-corrected chi connectivity index (χ3v) is 6.67. The van der Waals surface area contributed by atoms with Crippen LogP contribution in [0, 0.1) is 6.92 Å². The molecule has 4 aromatic rings. The molecule has 5 rings (SSSR count). The summed E-state index contributed by atoms with van der Waals surface area (Å²) in [6, 6.07) is 14.1. The molecule has 0 amide bonds. The molecule has 2 aromatic heterocycles. The van der Waals surface area contributed by atoms with Gasteiger partial charge in [0.05, 0.1) is 21.9 Å². The van der Waals surface area contributed by atoms with Crippen molar-refractivity contribution in [1.82, 2.24) is 19.7 Å². The van der Waals surface area contributed by atoms with E-state index < -0.39 is 0 Å². The summed E-state index contributed by atoms with van der Waals surface area (Å²) >= 11 is 1.71. The van der Waals surface area contributed by atoms with E-state index in [-0.39, 0.29) is 0 Å². The molecule has 4 nitrogen and oxygen atoms in total. The van der Waals surface area contributed by atoms with Crippen molar-refractivity contribution in [1.29, 1.82) is 0 Å². The average molecular weight is 389 g/mol. The van der Waals surface area contributed by atoms with Crippen molar-refractivity contribution in [2.75, 3.05) is 6.54 Å². The lowest BCUT2D eigenvalue weighted by Gasteiger charge is -2.26. The molecule has 1 saturated heterocycles. The number of hydrogen-bond acceptors (Lipinski definition) is 4. The first-order chi connectivity index (χ1) is 13.7. The maximum Gasteiger partial charge on any atom is 0.0815 e. The Morgan fingerprint density at radius 1 is 1.14 bits per heavy atom. The zero-order valence-corrected chi connectivity index (χ0v) is 17.1. The van der Waals surface area contributed by atoms with Crippen LogP contribution in [0.15, 0.2) is 54.3 Å². The van der Waals surface area contributed by atoms with Crippen LogP contribution in [-0.2, 0) is 13.6 Å². The highest BCUT2D eigenvalue weighted by atomic mass is 32.1. The van der Waals surface area contributed by atoms with E-state index in [1.807, 2.05) is 23.4 Å². The van der Waals surface area contributed by atoms with Gasteiger partial charge in [0.1, 0.15) is 0 Å². The summed E-state index contributed by atoms with van der Waals surface area (Å²) < 4.78 is 3.13. The van der Waals surface area contributed by atoms with Crippen molar-refractivity contribution < 1.29 is 0 Å². The molecule has 1 atom stereocenters. The van der Waals surface area contributed by atoms with Gasteiger partial charge in [0.25, 0.3) is 0 Å².